The molecule has 0 saturated carbocycles. The number of hydrogen-bond donors (Lipinski definition) is 1. The summed E-state index contributed by atoms with van der Waals surface area (Å²) in [5, 5.41) is 0. The monoisotopic (exact) mass is 324 g/mol. The van der Waals surface area contributed by atoms with E-state index in [-0.39, 0.29) is 12.4 Å². The Morgan fingerprint density at radius 1 is 1.48 bits per heavy atom. The first-order valence-corrected chi connectivity index (χ1v) is 6.87. The lowest BCUT2D eigenvalue weighted by atomic mass is 10.1. The number of ether oxygens (including phenoxy) is 1. The molecule has 2 rings (SSSR count). The minimum Gasteiger partial charge on any atom is -0.377 e. The van der Waals surface area contributed by atoms with Crippen LogP contribution in [0.15, 0.2) is 4.99 Å². The number of imide groups is 1. The van der Waals surface area contributed by atoms with Crippen molar-refractivity contribution in [2.24, 2.45) is 10.7 Å². The van der Waals surface area contributed by atoms with Crippen LogP contribution in [0.4, 0.5) is 4.79 Å². The van der Waals surface area contributed by atoms with Crippen LogP contribution in [0.1, 0.15) is 6.92 Å². The summed E-state index contributed by atoms with van der Waals surface area (Å²) in [7, 11) is 2.79. The molecule has 1 saturated heterocycles. The summed E-state index contributed by atoms with van der Waals surface area (Å²) in [5.74, 6) is -1.48. The first-order chi connectivity index (χ1) is 10.8. The number of amides is 4. The molecule has 2 N–H and O–H groups in total. The molecule has 2 atom stereocenters. The number of nitrogens with zero attached hydrogens (tertiary/aromatic N) is 4. The molecule has 0 radical (unpaired) electrons. The van der Waals surface area contributed by atoms with E-state index in [0.29, 0.717) is 0 Å². The highest BCUT2D eigenvalue weighted by Crippen LogP contribution is 2.19. The zero-order valence-electron chi connectivity index (χ0n) is 13.1. The molecule has 0 spiro atoms. The minimum absolute atomic E-state index is 0.198. The molecule has 1 unspecified atom stereocenters. The van der Waals surface area contributed by atoms with Gasteiger partial charge in [-0.15, -0.1) is 0 Å². The number of ketones is 1. The Morgan fingerprint density at radius 2 is 2.13 bits per heavy atom. The predicted molar refractivity (Wildman–Crippen MR) is 78.0 cm³/mol. The van der Waals surface area contributed by atoms with Gasteiger partial charge in [0.05, 0.1) is 6.54 Å². The molecule has 0 aromatic rings. The molecule has 2 aliphatic heterocycles. The number of likely N-dealkylation sites (N-methyl/N-ethyl adjacent to an activating group) is 1. The first-order valence-electron chi connectivity index (χ1n) is 6.87. The van der Waals surface area contributed by atoms with Gasteiger partial charge in [-0.25, -0.2) is 9.37 Å². The number of urea groups is 1. The standard InChI is InChI=1S/C13H17N5O5/c1-7(10(14)20)18-6-15-11-9(18)12(21)17(13(22)16(11)2)4-8(19)5-23-3/h6-7,9H,4-5H2,1-3H3,(H-,14,20)/p+1/t7-,9?/m0/s1. The van der Waals surface area contributed by atoms with E-state index < -0.39 is 42.3 Å². The first kappa shape index (κ1) is 16.7. The number of carbonyl (C=O) groups excluding carboxylic acids is 4. The second kappa shape index (κ2) is 6.24. The fraction of sp³-hybridized carbons (Fsp3) is 0.538. The van der Waals surface area contributed by atoms with Gasteiger partial charge in [-0.2, -0.15) is 0 Å². The Morgan fingerprint density at radius 3 is 2.70 bits per heavy atom. The molecule has 2 heterocycles. The van der Waals surface area contributed by atoms with Gasteiger partial charge in [0.1, 0.15) is 6.61 Å². The number of hydrogen-bond acceptors (Lipinski definition) is 6. The summed E-state index contributed by atoms with van der Waals surface area (Å²) >= 11 is 0. The van der Waals surface area contributed by atoms with Crippen LogP contribution in [0.5, 0.6) is 0 Å². The third-order valence-corrected chi connectivity index (χ3v) is 3.73. The van der Waals surface area contributed by atoms with Crippen LogP contribution in [0.25, 0.3) is 0 Å². The molecule has 4 amide bonds. The van der Waals surface area contributed by atoms with Crippen molar-refractivity contribution in [3.63, 3.8) is 0 Å². The lowest BCUT2D eigenvalue weighted by Gasteiger charge is -2.33. The summed E-state index contributed by atoms with van der Waals surface area (Å²) in [6.45, 7) is 0.916. The lowest BCUT2D eigenvalue weighted by Crippen LogP contribution is -2.64. The van der Waals surface area contributed by atoms with Crippen LogP contribution in [0, 0.1) is 0 Å². The van der Waals surface area contributed by atoms with Crippen molar-refractivity contribution >= 4 is 35.8 Å². The number of carbonyl (C=O) groups is 4. The number of Topliss-reactive ketones (excluding diaryl/α,β-unsaturated/α-hetero) is 1. The van der Waals surface area contributed by atoms with Gasteiger partial charge in [0.2, 0.25) is 0 Å². The van der Waals surface area contributed by atoms with Gasteiger partial charge in [0.15, 0.2) is 11.8 Å². The van der Waals surface area contributed by atoms with Crippen LogP contribution in [-0.2, 0) is 19.1 Å². The second-order valence-corrected chi connectivity index (χ2v) is 5.27. The average molecular weight is 324 g/mol. The predicted octanol–water partition coefficient (Wildman–Crippen LogP) is -2.21. The maximum Gasteiger partial charge on any atom is 0.334 e. The van der Waals surface area contributed by atoms with Gasteiger partial charge in [0.25, 0.3) is 30.0 Å². The molecule has 10 nitrogen and oxygen atoms in total. The van der Waals surface area contributed by atoms with Crippen LogP contribution in [0.2, 0.25) is 0 Å². The van der Waals surface area contributed by atoms with Gasteiger partial charge in [-0.3, -0.25) is 24.2 Å². The van der Waals surface area contributed by atoms with Crippen molar-refractivity contribution < 1.29 is 28.5 Å². The number of nitrogens with two attached hydrogens (primary N) is 1. The molecular weight excluding hydrogens is 306 g/mol. The van der Waals surface area contributed by atoms with E-state index in [4.69, 9.17) is 10.5 Å². The topological polar surface area (TPSA) is 125 Å². The van der Waals surface area contributed by atoms with E-state index in [9.17, 15) is 19.2 Å². The van der Waals surface area contributed by atoms with E-state index in [1.54, 1.807) is 0 Å². The maximum absolute atomic E-state index is 12.6. The van der Waals surface area contributed by atoms with E-state index in [1.165, 1.54) is 36.9 Å². The van der Waals surface area contributed by atoms with Crippen LogP contribution in [-0.4, -0.2) is 89.6 Å². The molecule has 124 valence electrons. The highest BCUT2D eigenvalue weighted by molar-refractivity contribution is 6.22. The largest absolute Gasteiger partial charge is 0.377 e. The average Bonchev–Trinajstić information content (AvgIpc) is 2.93. The highest BCUT2D eigenvalue weighted by Gasteiger charge is 2.53. The van der Waals surface area contributed by atoms with Gasteiger partial charge in [-0.05, 0) is 11.9 Å². The number of methoxy groups -OCH3 is 1. The Labute approximate surface area is 132 Å². The van der Waals surface area contributed by atoms with E-state index >= 15 is 0 Å². The number of primary amides is 1. The van der Waals surface area contributed by atoms with Gasteiger partial charge < -0.3 is 10.5 Å². The summed E-state index contributed by atoms with van der Waals surface area (Å²) in [5.41, 5.74) is 5.27. The molecule has 2 aliphatic rings. The van der Waals surface area contributed by atoms with Crippen molar-refractivity contribution in [3.05, 3.63) is 0 Å². The molecule has 0 aromatic carbocycles. The Hall–Kier alpha value is -2.62. The molecule has 23 heavy (non-hydrogen) atoms. The third-order valence-electron chi connectivity index (χ3n) is 3.73. The summed E-state index contributed by atoms with van der Waals surface area (Å²) in [6.07, 6.45) is 1.30. The normalized spacial score (nSPS) is 21.8. The van der Waals surface area contributed by atoms with Crippen LogP contribution >= 0.6 is 0 Å². The number of rotatable bonds is 6. The molecule has 1 fully saturated rings. The van der Waals surface area contributed by atoms with Gasteiger partial charge in [0, 0.05) is 14.2 Å². The van der Waals surface area contributed by atoms with Crippen molar-refractivity contribution in [3.8, 4) is 0 Å². The van der Waals surface area contributed by atoms with Crippen molar-refractivity contribution in [2.75, 3.05) is 27.3 Å². The second-order valence-electron chi connectivity index (χ2n) is 5.27. The van der Waals surface area contributed by atoms with Crippen LogP contribution < -0.4 is 5.73 Å². The fourth-order valence-corrected chi connectivity index (χ4v) is 2.42. The fourth-order valence-electron chi connectivity index (χ4n) is 2.42. The minimum atomic E-state index is -0.962. The third kappa shape index (κ3) is 2.84. The lowest BCUT2D eigenvalue weighted by molar-refractivity contribution is -0.551. The highest BCUT2D eigenvalue weighted by atomic mass is 16.5. The van der Waals surface area contributed by atoms with E-state index in [0.717, 1.165) is 4.90 Å². The van der Waals surface area contributed by atoms with E-state index in [2.05, 4.69) is 4.99 Å². The molecule has 0 aliphatic carbocycles. The Bertz CT molecular complexity index is 641. The maximum atomic E-state index is 12.6. The van der Waals surface area contributed by atoms with Crippen LogP contribution in [0.3, 0.4) is 0 Å². The molecular formula is C13H18N5O5+. The SMILES string of the molecule is COCC(=O)CN1C(=O)C2C(=NC=[N+]2[C@@H](C)C(N)=O)N(C)C1=O. The van der Waals surface area contributed by atoms with Gasteiger partial charge >= 0.3 is 6.03 Å². The number of fused-ring (bicyclic) bond motifs is 1. The number of amidine groups is 1. The zero-order chi connectivity index (χ0) is 17.3. The van der Waals surface area contributed by atoms with Crippen molar-refractivity contribution in [1.82, 2.24) is 9.80 Å². The number of aliphatic imine (C=N–C) groups is 1. The van der Waals surface area contributed by atoms with Crippen molar-refractivity contribution in [1.29, 1.82) is 0 Å². The smallest absolute Gasteiger partial charge is 0.334 e. The molecule has 0 aromatic heterocycles. The summed E-state index contributed by atoms with van der Waals surface area (Å²) < 4.78 is 6.08. The Kier molecular flexibility index (Phi) is 4.55. The van der Waals surface area contributed by atoms with Gasteiger partial charge in [-0.1, -0.05) is 0 Å². The quantitative estimate of drug-likeness (QED) is 0.555. The summed E-state index contributed by atoms with van der Waals surface area (Å²) in [6, 6.07) is -2.41. The molecule has 10 heteroatoms. The zero-order valence-corrected chi connectivity index (χ0v) is 13.1. The molecule has 0 bridgehead atoms. The Balaban J connectivity index is 2.29. The van der Waals surface area contributed by atoms with Crippen molar-refractivity contribution in [2.45, 2.75) is 19.0 Å². The van der Waals surface area contributed by atoms with E-state index in [1.807, 2.05) is 0 Å². The summed E-state index contributed by atoms with van der Waals surface area (Å²) in [4.78, 5) is 54.0.